The number of hydrogen-bond acceptors (Lipinski definition) is 6. The number of amides is 1. The van der Waals surface area contributed by atoms with Gasteiger partial charge in [0.25, 0.3) is 5.91 Å². The van der Waals surface area contributed by atoms with Gasteiger partial charge in [-0.1, -0.05) is 0 Å². The Hall–Kier alpha value is -2.54. The first-order chi connectivity index (χ1) is 13.6. The lowest BCUT2D eigenvalue weighted by molar-refractivity contribution is 0.0141. The van der Waals surface area contributed by atoms with Gasteiger partial charge in [-0.2, -0.15) is 0 Å². The highest BCUT2D eigenvalue weighted by molar-refractivity contribution is 5.94. The summed E-state index contributed by atoms with van der Waals surface area (Å²) in [5.74, 6) is 1.63. The van der Waals surface area contributed by atoms with Crippen LogP contribution >= 0.6 is 0 Å². The first kappa shape index (κ1) is 17.6. The van der Waals surface area contributed by atoms with E-state index in [0.29, 0.717) is 23.9 Å². The molecule has 2 bridgehead atoms. The number of ether oxygens (including phenoxy) is 1. The van der Waals surface area contributed by atoms with Crippen molar-refractivity contribution in [1.29, 1.82) is 0 Å². The van der Waals surface area contributed by atoms with Crippen molar-refractivity contribution in [2.45, 2.75) is 38.4 Å². The molecule has 0 radical (unpaired) electrons. The van der Waals surface area contributed by atoms with E-state index in [-0.39, 0.29) is 17.6 Å². The van der Waals surface area contributed by atoms with Crippen molar-refractivity contribution in [3.05, 3.63) is 47.7 Å². The molecule has 0 unspecified atom stereocenters. The van der Waals surface area contributed by atoms with Gasteiger partial charge in [0.05, 0.1) is 23.0 Å². The summed E-state index contributed by atoms with van der Waals surface area (Å²) in [6, 6.07) is 1.87. The normalized spacial score (nSPS) is 30.5. The van der Waals surface area contributed by atoms with Crippen molar-refractivity contribution in [2.24, 2.45) is 11.8 Å². The molecule has 28 heavy (non-hydrogen) atoms. The average Bonchev–Trinajstić information content (AvgIpc) is 3.35. The number of carbonyl (C=O) groups is 1. The molecule has 2 aromatic rings. The van der Waals surface area contributed by atoms with Crippen LogP contribution in [0.1, 0.15) is 34.5 Å². The van der Waals surface area contributed by atoms with Crippen LogP contribution in [0.5, 0.6) is 0 Å². The molecule has 3 fully saturated rings. The first-order valence-electron chi connectivity index (χ1n) is 9.96. The third-order valence-electron chi connectivity index (χ3n) is 6.57. The van der Waals surface area contributed by atoms with Gasteiger partial charge in [0.1, 0.15) is 5.82 Å². The van der Waals surface area contributed by atoms with E-state index < -0.39 is 0 Å². The highest BCUT2D eigenvalue weighted by Gasteiger charge is 2.63. The van der Waals surface area contributed by atoms with Gasteiger partial charge in [-0.3, -0.25) is 14.8 Å². The van der Waals surface area contributed by atoms with Gasteiger partial charge in [-0.15, -0.1) is 0 Å². The fourth-order valence-corrected chi connectivity index (χ4v) is 5.33. The molecular formula is C21H25N5O2. The fraction of sp³-hybridized carbons (Fsp3) is 0.524. The van der Waals surface area contributed by atoms with Gasteiger partial charge in [-0.05, 0) is 38.3 Å². The highest BCUT2D eigenvalue weighted by atomic mass is 16.5. The van der Waals surface area contributed by atoms with E-state index in [1.165, 1.54) is 0 Å². The summed E-state index contributed by atoms with van der Waals surface area (Å²) in [7, 11) is 0. The van der Waals surface area contributed by atoms with Crippen molar-refractivity contribution >= 4 is 11.7 Å². The molecule has 0 saturated carbocycles. The molecule has 5 heterocycles. The van der Waals surface area contributed by atoms with E-state index in [0.717, 1.165) is 43.0 Å². The maximum absolute atomic E-state index is 12.6. The molecule has 7 heteroatoms. The second kappa shape index (κ2) is 6.51. The van der Waals surface area contributed by atoms with Crippen molar-refractivity contribution in [2.75, 3.05) is 24.5 Å². The Labute approximate surface area is 164 Å². The standard InChI is InChI=1S/C21H25N5O2/c1-13-7-15(9-22-8-13)20(27)25-10-16-17-11-26(19-14(2)23-5-6-24-19)12-21(17)4-3-18(16)28-21/h5-9,16-18H,3-4,10-12H2,1-2H3,(H,25,27)/t16-,17+,18+,21+/m0/s1. The Morgan fingerprint density at radius 2 is 2.18 bits per heavy atom. The Balaban J connectivity index is 1.31. The molecule has 2 aromatic heterocycles. The van der Waals surface area contributed by atoms with Crippen molar-refractivity contribution < 1.29 is 9.53 Å². The number of rotatable bonds is 4. The zero-order chi connectivity index (χ0) is 19.3. The molecule has 0 aliphatic carbocycles. The molecule has 4 atom stereocenters. The molecule has 1 amide bonds. The van der Waals surface area contributed by atoms with Crippen LogP contribution in [0.4, 0.5) is 5.82 Å². The summed E-state index contributed by atoms with van der Waals surface area (Å²) in [6.07, 6.45) is 9.25. The number of nitrogens with one attached hydrogen (secondary N) is 1. The maximum atomic E-state index is 12.6. The minimum Gasteiger partial charge on any atom is -0.369 e. The molecule has 5 rings (SSSR count). The fourth-order valence-electron chi connectivity index (χ4n) is 5.33. The van der Waals surface area contributed by atoms with Crippen LogP contribution < -0.4 is 10.2 Å². The largest absolute Gasteiger partial charge is 0.369 e. The summed E-state index contributed by atoms with van der Waals surface area (Å²) in [5.41, 5.74) is 2.45. The van der Waals surface area contributed by atoms with Crippen LogP contribution in [0.2, 0.25) is 0 Å². The summed E-state index contributed by atoms with van der Waals surface area (Å²) >= 11 is 0. The van der Waals surface area contributed by atoms with E-state index in [9.17, 15) is 4.79 Å². The lowest BCUT2D eigenvalue weighted by Crippen LogP contribution is -2.41. The Morgan fingerprint density at radius 1 is 1.32 bits per heavy atom. The van der Waals surface area contributed by atoms with Crippen molar-refractivity contribution in [3.8, 4) is 0 Å². The van der Waals surface area contributed by atoms with Crippen LogP contribution in [0.25, 0.3) is 0 Å². The van der Waals surface area contributed by atoms with Crippen molar-refractivity contribution in [3.63, 3.8) is 0 Å². The molecule has 146 valence electrons. The molecule has 7 nitrogen and oxygen atoms in total. The van der Waals surface area contributed by atoms with Gasteiger partial charge in [0, 0.05) is 56.3 Å². The van der Waals surface area contributed by atoms with E-state index in [1.807, 2.05) is 19.9 Å². The minimum atomic E-state index is -0.102. The van der Waals surface area contributed by atoms with E-state index >= 15 is 0 Å². The van der Waals surface area contributed by atoms with Crippen LogP contribution in [0.3, 0.4) is 0 Å². The predicted octanol–water partition coefficient (Wildman–Crippen LogP) is 1.90. The number of fused-ring (bicyclic) bond motifs is 1. The lowest BCUT2D eigenvalue weighted by atomic mass is 9.73. The smallest absolute Gasteiger partial charge is 0.252 e. The lowest BCUT2D eigenvalue weighted by Gasteiger charge is -2.29. The molecule has 1 N–H and O–H groups in total. The van der Waals surface area contributed by atoms with Crippen molar-refractivity contribution in [1.82, 2.24) is 20.3 Å². The van der Waals surface area contributed by atoms with E-state index in [4.69, 9.17) is 4.74 Å². The number of nitrogens with zero attached hydrogens (tertiary/aromatic N) is 4. The maximum Gasteiger partial charge on any atom is 0.252 e. The summed E-state index contributed by atoms with van der Waals surface area (Å²) < 4.78 is 6.49. The molecule has 0 aromatic carbocycles. The number of hydrogen-bond donors (Lipinski definition) is 1. The highest BCUT2D eigenvalue weighted by Crippen LogP contribution is 2.55. The second-order valence-corrected chi connectivity index (χ2v) is 8.34. The predicted molar refractivity (Wildman–Crippen MR) is 104 cm³/mol. The van der Waals surface area contributed by atoms with Gasteiger partial charge in [0.15, 0.2) is 0 Å². The number of aryl methyl sites for hydroxylation is 2. The molecular weight excluding hydrogens is 354 g/mol. The number of aromatic nitrogens is 3. The quantitative estimate of drug-likeness (QED) is 0.874. The summed E-state index contributed by atoms with van der Waals surface area (Å²) in [5, 5.41) is 3.12. The zero-order valence-corrected chi connectivity index (χ0v) is 16.3. The number of carbonyl (C=O) groups excluding carboxylic acids is 1. The summed E-state index contributed by atoms with van der Waals surface area (Å²) in [6.45, 7) is 6.35. The van der Waals surface area contributed by atoms with Crippen LogP contribution in [0, 0.1) is 25.7 Å². The third-order valence-corrected chi connectivity index (χ3v) is 6.57. The van der Waals surface area contributed by atoms with Gasteiger partial charge in [0.2, 0.25) is 0 Å². The zero-order valence-electron chi connectivity index (χ0n) is 16.3. The van der Waals surface area contributed by atoms with Crippen LogP contribution in [-0.2, 0) is 4.74 Å². The molecule has 3 saturated heterocycles. The summed E-state index contributed by atoms with van der Waals surface area (Å²) in [4.78, 5) is 27.9. The monoisotopic (exact) mass is 379 g/mol. The number of anilines is 1. The topological polar surface area (TPSA) is 80.2 Å². The Bertz CT molecular complexity index is 919. The van der Waals surface area contributed by atoms with Gasteiger partial charge < -0.3 is 15.0 Å². The van der Waals surface area contributed by atoms with E-state index in [1.54, 1.807) is 24.8 Å². The molecule has 1 spiro atoms. The van der Waals surface area contributed by atoms with Crippen LogP contribution in [-0.4, -0.2) is 52.2 Å². The van der Waals surface area contributed by atoms with Gasteiger partial charge in [-0.25, -0.2) is 4.98 Å². The third kappa shape index (κ3) is 2.76. The van der Waals surface area contributed by atoms with Gasteiger partial charge >= 0.3 is 0 Å². The SMILES string of the molecule is Cc1cncc(C(=O)NC[C@H]2[C@H]3CN(c4nccnc4C)C[C@]34CC[C@H]2O4)c1. The average molecular weight is 379 g/mol. The minimum absolute atomic E-state index is 0.0624. The van der Waals surface area contributed by atoms with Crippen LogP contribution in [0.15, 0.2) is 30.9 Å². The number of pyridine rings is 1. The molecule has 3 aliphatic heterocycles. The second-order valence-electron chi connectivity index (χ2n) is 8.34. The first-order valence-corrected chi connectivity index (χ1v) is 9.96. The Kier molecular flexibility index (Phi) is 4.08. The molecule has 3 aliphatic rings. The Morgan fingerprint density at radius 3 is 3.00 bits per heavy atom. The van der Waals surface area contributed by atoms with E-state index in [2.05, 4.69) is 25.2 Å².